The van der Waals surface area contributed by atoms with Crippen LogP contribution in [0.4, 0.5) is 4.39 Å². The Hall–Kier alpha value is -1.09. The highest BCUT2D eigenvalue weighted by atomic mass is 19.1. The molecular weight excluding hydrogens is 195 g/mol. The van der Waals surface area contributed by atoms with Crippen molar-refractivity contribution < 1.29 is 14.2 Å². The van der Waals surface area contributed by atoms with E-state index in [4.69, 9.17) is 4.74 Å². The number of rotatable bonds is 4. The molecule has 0 amide bonds. The van der Waals surface area contributed by atoms with E-state index in [2.05, 4.69) is 0 Å². The second kappa shape index (κ2) is 4.19. The van der Waals surface area contributed by atoms with E-state index in [1.807, 2.05) is 0 Å². The van der Waals surface area contributed by atoms with E-state index < -0.39 is 11.9 Å². The van der Waals surface area contributed by atoms with Crippen LogP contribution >= 0.6 is 0 Å². The van der Waals surface area contributed by atoms with E-state index in [-0.39, 0.29) is 5.75 Å². The molecular formula is C12H15FO2. The number of hydrogen-bond acceptors (Lipinski definition) is 2. The highest BCUT2D eigenvalue weighted by Gasteiger charge is 2.22. The first-order chi connectivity index (χ1) is 7.16. The normalized spacial score (nSPS) is 17.5. The number of hydrogen-bond donors (Lipinski definition) is 1. The molecule has 1 aliphatic carbocycles. The zero-order valence-corrected chi connectivity index (χ0v) is 8.74. The standard InChI is InChI=1S/C12H15FO2/c1-8(14)10-4-5-12(11(13)6-10)15-7-9-2-3-9/h4-6,8-9,14H,2-3,7H2,1H3/t8-/m1/s1. The highest BCUT2D eigenvalue weighted by molar-refractivity contribution is 5.30. The minimum Gasteiger partial charge on any atom is -0.490 e. The van der Waals surface area contributed by atoms with Crippen LogP contribution in [0, 0.1) is 11.7 Å². The lowest BCUT2D eigenvalue weighted by Gasteiger charge is -2.09. The lowest BCUT2D eigenvalue weighted by Crippen LogP contribution is -2.01. The Morgan fingerprint density at radius 2 is 2.27 bits per heavy atom. The minimum absolute atomic E-state index is 0.284. The summed E-state index contributed by atoms with van der Waals surface area (Å²) < 4.78 is 18.8. The maximum atomic E-state index is 13.4. The minimum atomic E-state index is -0.642. The van der Waals surface area contributed by atoms with Gasteiger partial charge >= 0.3 is 0 Å². The average Bonchev–Trinajstić information content (AvgIpc) is 2.99. The molecule has 0 radical (unpaired) electrons. The molecule has 2 nitrogen and oxygen atoms in total. The fourth-order valence-corrected chi connectivity index (χ4v) is 1.39. The molecule has 0 unspecified atom stereocenters. The van der Waals surface area contributed by atoms with Crippen molar-refractivity contribution in [2.45, 2.75) is 25.9 Å². The smallest absolute Gasteiger partial charge is 0.165 e. The number of aliphatic hydroxyl groups is 1. The van der Waals surface area contributed by atoms with Gasteiger partial charge < -0.3 is 9.84 Å². The van der Waals surface area contributed by atoms with E-state index in [1.54, 1.807) is 19.1 Å². The van der Waals surface area contributed by atoms with E-state index in [0.717, 1.165) is 0 Å². The summed E-state index contributed by atoms with van der Waals surface area (Å²) in [6, 6.07) is 4.60. The molecule has 1 fully saturated rings. The van der Waals surface area contributed by atoms with E-state index >= 15 is 0 Å². The van der Waals surface area contributed by atoms with Gasteiger partial charge in [-0.15, -0.1) is 0 Å². The summed E-state index contributed by atoms with van der Waals surface area (Å²) in [7, 11) is 0. The van der Waals surface area contributed by atoms with Gasteiger partial charge in [0.1, 0.15) is 0 Å². The summed E-state index contributed by atoms with van der Waals surface area (Å²) in [5.74, 6) is 0.501. The average molecular weight is 210 g/mol. The fraction of sp³-hybridized carbons (Fsp3) is 0.500. The highest BCUT2D eigenvalue weighted by Crippen LogP contribution is 2.30. The maximum absolute atomic E-state index is 13.4. The van der Waals surface area contributed by atoms with Crippen molar-refractivity contribution in [2.24, 2.45) is 5.92 Å². The van der Waals surface area contributed by atoms with Crippen molar-refractivity contribution in [3.05, 3.63) is 29.6 Å². The first-order valence-corrected chi connectivity index (χ1v) is 5.27. The van der Waals surface area contributed by atoms with Gasteiger partial charge in [0.25, 0.3) is 0 Å². The Balaban J connectivity index is 2.04. The summed E-state index contributed by atoms with van der Waals surface area (Å²) in [6.45, 7) is 2.21. The molecule has 15 heavy (non-hydrogen) atoms. The molecule has 1 N–H and O–H groups in total. The Bertz CT molecular complexity index is 345. The van der Waals surface area contributed by atoms with Crippen molar-refractivity contribution in [3.8, 4) is 5.75 Å². The second-order valence-electron chi connectivity index (χ2n) is 4.12. The number of benzene rings is 1. The summed E-state index contributed by atoms with van der Waals surface area (Å²) in [5, 5.41) is 9.26. The summed E-state index contributed by atoms with van der Waals surface area (Å²) in [5.41, 5.74) is 0.575. The SMILES string of the molecule is C[C@@H](O)c1ccc(OCC2CC2)c(F)c1. The third kappa shape index (κ3) is 2.69. The summed E-state index contributed by atoms with van der Waals surface area (Å²) in [4.78, 5) is 0. The molecule has 0 bridgehead atoms. The number of aliphatic hydroxyl groups excluding tert-OH is 1. The third-order valence-electron chi connectivity index (χ3n) is 2.61. The van der Waals surface area contributed by atoms with Gasteiger partial charge in [0, 0.05) is 0 Å². The Kier molecular flexibility index (Phi) is 2.91. The van der Waals surface area contributed by atoms with E-state index in [0.29, 0.717) is 18.1 Å². The Morgan fingerprint density at radius 3 is 2.80 bits per heavy atom. The van der Waals surface area contributed by atoms with Gasteiger partial charge in [-0.3, -0.25) is 0 Å². The van der Waals surface area contributed by atoms with Crippen molar-refractivity contribution in [1.82, 2.24) is 0 Å². The molecule has 1 saturated carbocycles. The maximum Gasteiger partial charge on any atom is 0.165 e. The predicted octanol–water partition coefficient (Wildman–Crippen LogP) is 2.67. The van der Waals surface area contributed by atoms with Crippen LogP contribution in [0.2, 0.25) is 0 Å². The molecule has 0 aliphatic heterocycles. The molecule has 0 saturated heterocycles. The molecule has 0 heterocycles. The van der Waals surface area contributed by atoms with Crippen LogP contribution < -0.4 is 4.74 Å². The van der Waals surface area contributed by atoms with Crippen molar-refractivity contribution >= 4 is 0 Å². The van der Waals surface area contributed by atoms with Crippen LogP contribution in [0.25, 0.3) is 0 Å². The predicted molar refractivity (Wildman–Crippen MR) is 55.3 cm³/mol. The Labute approximate surface area is 88.7 Å². The molecule has 2 rings (SSSR count). The van der Waals surface area contributed by atoms with Crippen LogP contribution in [0.3, 0.4) is 0 Å². The van der Waals surface area contributed by atoms with Crippen LogP contribution in [0.1, 0.15) is 31.4 Å². The monoisotopic (exact) mass is 210 g/mol. The quantitative estimate of drug-likeness (QED) is 0.827. The molecule has 1 atom stereocenters. The second-order valence-corrected chi connectivity index (χ2v) is 4.12. The van der Waals surface area contributed by atoms with Crippen LogP contribution in [0.5, 0.6) is 5.75 Å². The largest absolute Gasteiger partial charge is 0.490 e. The molecule has 1 aromatic rings. The van der Waals surface area contributed by atoms with Crippen molar-refractivity contribution in [3.63, 3.8) is 0 Å². The Morgan fingerprint density at radius 1 is 1.53 bits per heavy atom. The fourth-order valence-electron chi connectivity index (χ4n) is 1.39. The van der Waals surface area contributed by atoms with Crippen LogP contribution in [0.15, 0.2) is 18.2 Å². The van der Waals surface area contributed by atoms with Gasteiger partial charge in [-0.2, -0.15) is 0 Å². The zero-order chi connectivity index (χ0) is 10.8. The van der Waals surface area contributed by atoms with Gasteiger partial charge in [0.15, 0.2) is 11.6 Å². The molecule has 3 heteroatoms. The lowest BCUT2D eigenvalue weighted by molar-refractivity contribution is 0.198. The zero-order valence-electron chi connectivity index (χ0n) is 8.74. The van der Waals surface area contributed by atoms with Crippen molar-refractivity contribution in [1.29, 1.82) is 0 Å². The summed E-state index contributed by atoms with van der Waals surface area (Å²) >= 11 is 0. The van der Waals surface area contributed by atoms with Gasteiger partial charge in [0.2, 0.25) is 0 Å². The number of ether oxygens (including phenoxy) is 1. The number of halogens is 1. The van der Waals surface area contributed by atoms with Crippen LogP contribution in [-0.4, -0.2) is 11.7 Å². The first kappa shape index (κ1) is 10.4. The van der Waals surface area contributed by atoms with Crippen LogP contribution in [-0.2, 0) is 0 Å². The van der Waals surface area contributed by atoms with Gasteiger partial charge in [0.05, 0.1) is 12.7 Å². The van der Waals surface area contributed by atoms with Gasteiger partial charge in [-0.05, 0) is 43.4 Å². The molecule has 0 spiro atoms. The molecule has 82 valence electrons. The van der Waals surface area contributed by atoms with Crippen molar-refractivity contribution in [2.75, 3.05) is 6.61 Å². The van der Waals surface area contributed by atoms with Gasteiger partial charge in [-0.1, -0.05) is 6.07 Å². The first-order valence-electron chi connectivity index (χ1n) is 5.27. The van der Waals surface area contributed by atoms with E-state index in [9.17, 15) is 9.50 Å². The molecule has 0 aromatic heterocycles. The topological polar surface area (TPSA) is 29.5 Å². The summed E-state index contributed by atoms with van der Waals surface area (Å²) in [6.07, 6.45) is 1.73. The molecule has 1 aliphatic rings. The molecule has 1 aromatic carbocycles. The van der Waals surface area contributed by atoms with Gasteiger partial charge in [-0.25, -0.2) is 4.39 Å². The third-order valence-corrected chi connectivity index (χ3v) is 2.61. The lowest BCUT2D eigenvalue weighted by atomic mass is 10.1. The van der Waals surface area contributed by atoms with E-state index in [1.165, 1.54) is 18.9 Å².